The molecule has 6 aliphatic heterocycles. The maximum Gasteiger partial charge on any atom is 0.187 e. The number of hydrogen-bond donors (Lipinski definition) is 19. The Kier molecular flexibility index (Phi) is 23.8. The van der Waals surface area contributed by atoms with Crippen LogP contribution < -0.4 is 0 Å². The van der Waals surface area contributed by atoms with Crippen molar-refractivity contribution in [2.75, 3.05) is 39.6 Å². The zero-order valence-electron chi connectivity index (χ0n) is 55.2. The Hall–Kier alpha value is -1.50. The summed E-state index contributed by atoms with van der Waals surface area (Å²) in [7, 11) is 0. The Balaban J connectivity index is 0.842. The predicted octanol–water partition coefficient (Wildman–Crippen LogP) is -5.28. The highest BCUT2D eigenvalue weighted by atomic mass is 16.8. The third-order valence-electron chi connectivity index (χ3n) is 24.3. The minimum atomic E-state index is -1.90. The molecule has 0 aromatic rings. The Labute approximate surface area is 551 Å². The largest absolute Gasteiger partial charge is 0.394 e. The average Bonchev–Trinajstić information content (AvgIpc) is 1.66. The summed E-state index contributed by atoms with van der Waals surface area (Å²) in [6, 6.07) is 0. The van der Waals surface area contributed by atoms with Gasteiger partial charge in [0.25, 0.3) is 0 Å². The zero-order valence-corrected chi connectivity index (χ0v) is 55.2. The molecular weight excluding hydrogens is 1260 g/mol. The summed E-state index contributed by atoms with van der Waals surface area (Å²) < 4.78 is 72.5. The monoisotopic (exact) mass is 1370 g/mol. The minimum absolute atomic E-state index is 0.0418. The highest BCUT2D eigenvalue weighted by Crippen LogP contribution is 2.76. The van der Waals surface area contributed by atoms with E-state index in [1.807, 2.05) is 20.8 Å². The lowest BCUT2D eigenvalue weighted by atomic mass is 9.35. The van der Waals surface area contributed by atoms with Gasteiger partial charge in [-0.1, -0.05) is 46.3 Å². The molecule has 6 heterocycles. The second-order valence-electron chi connectivity index (χ2n) is 30.5. The van der Waals surface area contributed by atoms with Crippen LogP contribution in [0, 0.1) is 45.3 Å². The molecule has 0 radical (unpaired) electrons. The maximum absolute atomic E-state index is 13.0. The van der Waals surface area contributed by atoms with Crippen LogP contribution in [0.5, 0.6) is 0 Å². The van der Waals surface area contributed by atoms with Gasteiger partial charge in [0, 0.05) is 0 Å². The zero-order chi connectivity index (χ0) is 69.5. The third-order valence-corrected chi connectivity index (χ3v) is 24.3. The van der Waals surface area contributed by atoms with Gasteiger partial charge in [-0.3, -0.25) is 0 Å². The molecule has 0 aromatic carbocycles. The number of rotatable bonds is 20. The Morgan fingerprint density at radius 3 is 1.48 bits per heavy atom. The molecule has 10 fully saturated rings. The quantitative estimate of drug-likeness (QED) is 0.0400. The van der Waals surface area contributed by atoms with E-state index in [-0.39, 0.29) is 35.7 Å². The minimum Gasteiger partial charge on any atom is -0.394 e. The van der Waals surface area contributed by atoms with E-state index in [1.54, 1.807) is 0 Å². The molecule has 4 saturated carbocycles. The van der Waals surface area contributed by atoms with E-state index in [1.165, 1.54) is 0 Å². The summed E-state index contributed by atoms with van der Waals surface area (Å²) in [5, 5.41) is 208. The van der Waals surface area contributed by atoms with Crippen LogP contribution in [0.2, 0.25) is 0 Å². The molecule has 31 nitrogen and oxygen atoms in total. The fourth-order valence-electron chi connectivity index (χ4n) is 18.5. The second kappa shape index (κ2) is 29.7. The van der Waals surface area contributed by atoms with Crippen LogP contribution in [-0.4, -0.2) is 327 Å². The molecule has 550 valence electrons. The van der Waals surface area contributed by atoms with Crippen molar-refractivity contribution in [3.05, 3.63) is 11.6 Å². The second-order valence-corrected chi connectivity index (χ2v) is 30.5. The standard InChI is InChI=1S/C64H108O31/c1-25(2)10-9-14-64(8,95-57-51(83)45(77)43(75)33(91-57)24-87-55-50(82)44(76)42(74)32(90-55)23-86-54-48(80)38(70)28(68)21-84-54)26-11-16-63(7)37(26)27(67)18-35-61(5)15-13-36(60(3,4)34(61)12-17-62(35,63)6)92-58-52(46(78)40(72)30(19-65)88-58)94-59-53(47(79)41(73)31(20-66)89-59)93-56-49(81)39(71)29(69)22-85-56/h10,26-59,65-83H,9,11-24H2,1-8H3. The topological polar surface area (TPSA) is 495 Å². The molecule has 19 N–H and O–H groups in total. The van der Waals surface area contributed by atoms with Crippen molar-refractivity contribution in [3.63, 3.8) is 0 Å². The van der Waals surface area contributed by atoms with Crippen molar-refractivity contribution in [1.82, 2.24) is 0 Å². The number of allylic oxidation sites excluding steroid dienone is 2. The van der Waals surface area contributed by atoms with E-state index < -0.39 is 239 Å². The van der Waals surface area contributed by atoms with Gasteiger partial charge in [0.15, 0.2) is 37.7 Å². The summed E-state index contributed by atoms with van der Waals surface area (Å²) in [4.78, 5) is 0. The van der Waals surface area contributed by atoms with Crippen LogP contribution in [-0.2, 0) is 56.8 Å². The summed E-state index contributed by atoms with van der Waals surface area (Å²) in [5.41, 5.74) is -2.07. The smallest absolute Gasteiger partial charge is 0.187 e. The van der Waals surface area contributed by atoms with Gasteiger partial charge in [-0.25, -0.2) is 0 Å². The molecule has 10 aliphatic rings. The molecular formula is C64H108O31. The number of aliphatic hydroxyl groups excluding tert-OH is 19. The SMILES string of the molecule is CC(C)=CCCC(C)(OC1OC(COC2OC(COC3OCC(O)C(O)C3O)C(O)C(O)C2O)C(O)C(O)C1O)C1CCC2(C)C1C(O)CC1C3(C)CCC(OC4OC(CO)C(O)C(O)C4OC4OC(CO)C(O)C(O)C4OC4OCC(O)C(O)C4O)C(C)(C)C3CCC12C. The van der Waals surface area contributed by atoms with E-state index in [9.17, 15) is 97.0 Å². The van der Waals surface area contributed by atoms with Gasteiger partial charge < -0.3 is 154 Å². The number of aliphatic hydroxyl groups is 19. The van der Waals surface area contributed by atoms with Gasteiger partial charge in [0.2, 0.25) is 0 Å². The summed E-state index contributed by atoms with van der Waals surface area (Å²) in [6.07, 6.45) is -41.1. The van der Waals surface area contributed by atoms with E-state index in [4.69, 9.17) is 56.8 Å². The van der Waals surface area contributed by atoms with Crippen molar-refractivity contribution >= 4 is 0 Å². The van der Waals surface area contributed by atoms with E-state index >= 15 is 0 Å². The molecule has 0 spiro atoms. The first-order valence-corrected chi connectivity index (χ1v) is 33.7. The van der Waals surface area contributed by atoms with Crippen molar-refractivity contribution in [3.8, 4) is 0 Å². The Morgan fingerprint density at radius 2 is 0.926 bits per heavy atom. The molecule has 38 atom stereocenters. The summed E-state index contributed by atoms with van der Waals surface area (Å²) in [6.45, 7) is 13.3. The highest BCUT2D eigenvalue weighted by Gasteiger charge is 2.72. The molecule has 6 saturated heterocycles. The lowest BCUT2D eigenvalue weighted by Crippen LogP contribution is -2.68. The first-order valence-electron chi connectivity index (χ1n) is 33.7. The van der Waals surface area contributed by atoms with Crippen LogP contribution in [0.25, 0.3) is 0 Å². The van der Waals surface area contributed by atoms with E-state index in [2.05, 4.69) is 40.7 Å². The van der Waals surface area contributed by atoms with Crippen LogP contribution in [0.4, 0.5) is 0 Å². The van der Waals surface area contributed by atoms with Gasteiger partial charge in [0.05, 0.1) is 57.5 Å². The number of fused-ring (bicyclic) bond motifs is 5. The van der Waals surface area contributed by atoms with Crippen molar-refractivity contribution in [2.24, 2.45) is 45.3 Å². The summed E-state index contributed by atoms with van der Waals surface area (Å²) >= 11 is 0. The predicted molar refractivity (Wildman–Crippen MR) is 319 cm³/mol. The lowest BCUT2D eigenvalue weighted by Gasteiger charge is -2.71. The fourth-order valence-corrected chi connectivity index (χ4v) is 18.5. The molecule has 0 amide bonds. The van der Waals surface area contributed by atoms with Crippen LogP contribution in [0.15, 0.2) is 11.6 Å². The highest BCUT2D eigenvalue weighted by molar-refractivity contribution is 5.21. The molecule has 0 aromatic heterocycles. The van der Waals surface area contributed by atoms with Gasteiger partial charge in [-0.2, -0.15) is 0 Å². The maximum atomic E-state index is 13.0. The number of hydrogen-bond acceptors (Lipinski definition) is 31. The Bertz CT molecular complexity index is 2540. The molecule has 0 bridgehead atoms. The van der Waals surface area contributed by atoms with Gasteiger partial charge in [0.1, 0.15) is 134 Å². The lowest BCUT2D eigenvalue weighted by molar-refractivity contribution is -0.395. The van der Waals surface area contributed by atoms with Crippen molar-refractivity contribution < 1.29 is 154 Å². The van der Waals surface area contributed by atoms with Crippen LogP contribution in [0.3, 0.4) is 0 Å². The van der Waals surface area contributed by atoms with Crippen LogP contribution >= 0.6 is 0 Å². The molecule has 95 heavy (non-hydrogen) atoms. The normalized spacial score (nSPS) is 53.2. The summed E-state index contributed by atoms with van der Waals surface area (Å²) in [5.74, 6) is -0.795. The van der Waals surface area contributed by atoms with Crippen molar-refractivity contribution in [2.45, 2.75) is 303 Å². The van der Waals surface area contributed by atoms with Gasteiger partial charge in [-0.05, 0) is 124 Å². The average molecular weight is 1370 g/mol. The molecule has 38 unspecified atom stereocenters. The van der Waals surface area contributed by atoms with E-state index in [0.717, 1.165) is 18.4 Å². The van der Waals surface area contributed by atoms with Crippen LogP contribution in [0.1, 0.15) is 113 Å². The Morgan fingerprint density at radius 1 is 0.463 bits per heavy atom. The van der Waals surface area contributed by atoms with Gasteiger partial charge >= 0.3 is 0 Å². The molecule has 31 heteroatoms. The van der Waals surface area contributed by atoms with E-state index in [0.29, 0.717) is 44.9 Å². The number of ether oxygens (including phenoxy) is 12. The first-order chi connectivity index (χ1) is 44.6. The molecule has 4 aliphatic carbocycles. The fraction of sp³-hybridized carbons (Fsp3) is 0.969. The van der Waals surface area contributed by atoms with Crippen molar-refractivity contribution in [1.29, 1.82) is 0 Å². The van der Waals surface area contributed by atoms with Gasteiger partial charge in [-0.15, -0.1) is 0 Å². The molecule has 10 rings (SSSR count). The first kappa shape index (κ1) is 76.1. The third kappa shape index (κ3) is 14.1.